The Balaban J connectivity index is 2.09. The van der Waals surface area contributed by atoms with Gasteiger partial charge in [-0.05, 0) is 55.2 Å². The number of anilines is 1. The summed E-state index contributed by atoms with van der Waals surface area (Å²) < 4.78 is 5.85. The molecule has 0 aliphatic heterocycles. The third-order valence-corrected chi connectivity index (χ3v) is 3.81. The van der Waals surface area contributed by atoms with Gasteiger partial charge < -0.3 is 10.1 Å². The van der Waals surface area contributed by atoms with Gasteiger partial charge in [-0.1, -0.05) is 32.0 Å². The average Bonchev–Trinajstić information content (AvgIpc) is 2.56. The molecular formula is C20H22N2O2. The second-order valence-corrected chi connectivity index (χ2v) is 6.12. The Hall–Kier alpha value is -2.80. The molecule has 0 bridgehead atoms. The minimum absolute atomic E-state index is 0.251. The molecule has 4 nitrogen and oxygen atoms in total. The largest absolute Gasteiger partial charge is 0.481 e. The van der Waals surface area contributed by atoms with E-state index in [4.69, 9.17) is 10.00 Å². The lowest BCUT2D eigenvalue weighted by Gasteiger charge is -2.18. The van der Waals surface area contributed by atoms with Crippen LogP contribution in [0.3, 0.4) is 0 Å². The topological polar surface area (TPSA) is 62.1 Å². The third-order valence-electron chi connectivity index (χ3n) is 3.81. The third kappa shape index (κ3) is 4.36. The molecule has 2 rings (SSSR count). The molecule has 2 aromatic rings. The van der Waals surface area contributed by atoms with Gasteiger partial charge in [0.1, 0.15) is 5.75 Å². The van der Waals surface area contributed by atoms with E-state index in [1.807, 2.05) is 19.1 Å². The molecule has 1 atom stereocenters. The lowest BCUT2D eigenvalue weighted by molar-refractivity contribution is -0.122. The zero-order valence-electron chi connectivity index (χ0n) is 14.5. The van der Waals surface area contributed by atoms with E-state index in [9.17, 15) is 4.79 Å². The molecule has 0 spiro atoms. The van der Waals surface area contributed by atoms with Gasteiger partial charge in [-0.15, -0.1) is 0 Å². The van der Waals surface area contributed by atoms with Gasteiger partial charge in [-0.3, -0.25) is 4.79 Å². The van der Waals surface area contributed by atoms with E-state index in [1.165, 1.54) is 5.56 Å². The van der Waals surface area contributed by atoms with Crippen molar-refractivity contribution in [2.24, 2.45) is 0 Å². The Morgan fingerprint density at radius 1 is 1.17 bits per heavy atom. The molecule has 0 aliphatic carbocycles. The molecule has 0 aromatic heterocycles. The summed E-state index contributed by atoms with van der Waals surface area (Å²) in [5, 5.41) is 11.7. The molecule has 0 fully saturated rings. The van der Waals surface area contributed by atoms with Crippen LogP contribution >= 0.6 is 0 Å². The van der Waals surface area contributed by atoms with Crippen LogP contribution in [0.2, 0.25) is 0 Å². The summed E-state index contributed by atoms with van der Waals surface area (Å²) in [6.45, 7) is 7.91. The second-order valence-electron chi connectivity index (χ2n) is 6.12. The van der Waals surface area contributed by atoms with Crippen LogP contribution < -0.4 is 10.1 Å². The van der Waals surface area contributed by atoms with Gasteiger partial charge in [0.15, 0.2) is 6.10 Å². The molecule has 124 valence electrons. The lowest BCUT2D eigenvalue weighted by Crippen LogP contribution is -2.30. The van der Waals surface area contributed by atoms with E-state index in [1.54, 1.807) is 31.2 Å². The number of hydrogen-bond acceptors (Lipinski definition) is 3. The van der Waals surface area contributed by atoms with Crippen LogP contribution in [-0.2, 0) is 4.79 Å². The molecule has 0 radical (unpaired) electrons. The molecule has 2 aromatic carbocycles. The van der Waals surface area contributed by atoms with Gasteiger partial charge in [0.05, 0.1) is 11.6 Å². The number of benzene rings is 2. The first kappa shape index (κ1) is 17.6. The number of carbonyl (C=O) groups is 1. The van der Waals surface area contributed by atoms with Gasteiger partial charge in [0.25, 0.3) is 5.91 Å². The average molecular weight is 322 g/mol. The monoisotopic (exact) mass is 322 g/mol. The maximum atomic E-state index is 12.3. The van der Waals surface area contributed by atoms with E-state index in [0.29, 0.717) is 17.2 Å². The smallest absolute Gasteiger partial charge is 0.265 e. The van der Waals surface area contributed by atoms with Crippen molar-refractivity contribution in [3.05, 3.63) is 59.2 Å². The maximum absolute atomic E-state index is 12.3. The number of nitrogens with one attached hydrogen (secondary N) is 1. The standard InChI is InChI=1S/C20H22N2O2/c1-13(2)17-9-8-14(3)19(11-17)24-15(4)20(23)22-18-7-5-6-16(10-18)12-21/h5-11,13,15H,1-4H3,(H,22,23)/t15-/m1/s1. The Kier molecular flexibility index (Phi) is 5.59. The molecule has 24 heavy (non-hydrogen) atoms. The van der Waals surface area contributed by atoms with Crippen LogP contribution in [0.4, 0.5) is 5.69 Å². The zero-order chi connectivity index (χ0) is 17.7. The van der Waals surface area contributed by atoms with Gasteiger partial charge in [0.2, 0.25) is 0 Å². The molecule has 0 saturated heterocycles. The van der Waals surface area contributed by atoms with E-state index < -0.39 is 6.10 Å². The van der Waals surface area contributed by atoms with Crippen molar-refractivity contribution in [2.75, 3.05) is 5.32 Å². The zero-order valence-corrected chi connectivity index (χ0v) is 14.5. The minimum atomic E-state index is -0.642. The first-order chi connectivity index (χ1) is 11.4. The number of amides is 1. The number of carbonyl (C=O) groups excluding carboxylic acids is 1. The summed E-state index contributed by atoms with van der Waals surface area (Å²) in [6.07, 6.45) is -0.642. The lowest BCUT2D eigenvalue weighted by atomic mass is 10.0. The van der Waals surface area contributed by atoms with Crippen molar-refractivity contribution in [1.82, 2.24) is 0 Å². The van der Waals surface area contributed by atoms with E-state index in [2.05, 4.69) is 31.3 Å². The summed E-state index contributed by atoms with van der Waals surface area (Å²) in [7, 11) is 0. The predicted molar refractivity (Wildman–Crippen MR) is 95.1 cm³/mol. The molecule has 4 heteroatoms. The number of ether oxygens (including phenoxy) is 1. The van der Waals surface area contributed by atoms with Crippen molar-refractivity contribution < 1.29 is 9.53 Å². The highest BCUT2D eigenvalue weighted by Gasteiger charge is 2.16. The molecule has 0 saturated carbocycles. The highest BCUT2D eigenvalue weighted by molar-refractivity contribution is 5.94. The number of aryl methyl sites for hydroxylation is 1. The van der Waals surface area contributed by atoms with Gasteiger partial charge in [0, 0.05) is 5.69 Å². The number of rotatable bonds is 5. The van der Waals surface area contributed by atoms with Crippen molar-refractivity contribution in [2.45, 2.75) is 39.7 Å². The normalized spacial score (nSPS) is 11.7. The molecule has 1 amide bonds. The SMILES string of the molecule is Cc1ccc(C(C)C)cc1O[C@H](C)C(=O)Nc1cccc(C#N)c1. The Morgan fingerprint density at radius 2 is 1.92 bits per heavy atom. The molecule has 1 N–H and O–H groups in total. The number of nitrogens with zero attached hydrogens (tertiary/aromatic N) is 1. The molecular weight excluding hydrogens is 300 g/mol. The summed E-state index contributed by atoms with van der Waals surface area (Å²) in [6, 6.07) is 14.9. The number of nitriles is 1. The van der Waals surface area contributed by atoms with Crippen molar-refractivity contribution in [3.8, 4) is 11.8 Å². The summed E-state index contributed by atoms with van der Waals surface area (Å²) >= 11 is 0. The fraction of sp³-hybridized carbons (Fsp3) is 0.300. The summed E-state index contributed by atoms with van der Waals surface area (Å²) in [5.41, 5.74) is 3.25. The van der Waals surface area contributed by atoms with Crippen LogP contribution in [0.25, 0.3) is 0 Å². The van der Waals surface area contributed by atoms with Crippen LogP contribution in [0.5, 0.6) is 5.75 Å². The fourth-order valence-electron chi connectivity index (χ4n) is 2.26. The molecule has 0 heterocycles. The first-order valence-electron chi connectivity index (χ1n) is 7.99. The van der Waals surface area contributed by atoms with Crippen LogP contribution in [-0.4, -0.2) is 12.0 Å². The van der Waals surface area contributed by atoms with Gasteiger partial charge in [-0.25, -0.2) is 0 Å². The quantitative estimate of drug-likeness (QED) is 0.887. The van der Waals surface area contributed by atoms with E-state index >= 15 is 0 Å². The number of hydrogen-bond donors (Lipinski definition) is 1. The molecule has 0 aliphatic rings. The maximum Gasteiger partial charge on any atom is 0.265 e. The Labute approximate surface area is 143 Å². The van der Waals surface area contributed by atoms with Crippen molar-refractivity contribution >= 4 is 11.6 Å². The Bertz CT molecular complexity index is 775. The minimum Gasteiger partial charge on any atom is -0.481 e. The highest BCUT2D eigenvalue weighted by atomic mass is 16.5. The van der Waals surface area contributed by atoms with Crippen LogP contribution in [0, 0.1) is 18.3 Å². The van der Waals surface area contributed by atoms with Crippen molar-refractivity contribution in [1.29, 1.82) is 5.26 Å². The summed E-state index contributed by atoms with van der Waals surface area (Å²) in [4.78, 5) is 12.3. The molecule has 0 unspecified atom stereocenters. The van der Waals surface area contributed by atoms with Crippen LogP contribution in [0.1, 0.15) is 43.4 Å². The van der Waals surface area contributed by atoms with E-state index in [0.717, 1.165) is 11.3 Å². The van der Waals surface area contributed by atoms with Gasteiger partial charge >= 0.3 is 0 Å². The van der Waals surface area contributed by atoms with E-state index in [-0.39, 0.29) is 5.91 Å². The van der Waals surface area contributed by atoms with Gasteiger partial charge in [-0.2, -0.15) is 5.26 Å². The summed E-state index contributed by atoms with van der Waals surface area (Å²) in [5.74, 6) is 0.861. The second kappa shape index (κ2) is 7.65. The van der Waals surface area contributed by atoms with Crippen LogP contribution in [0.15, 0.2) is 42.5 Å². The fourth-order valence-corrected chi connectivity index (χ4v) is 2.26. The predicted octanol–water partition coefficient (Wildman–Crippen LogP) is 4.40. The highest BCUT2D eigenvalue weighted by Crippen LogP contribution is 2.25. The first-order valence-corrected chi connectivity index (χ1v) is 7.99. The Morgan fingerprint density at radius 3 is 2.58 bits per heavy atom. The van der Waals surface area contributed by atoms with Crippen molar-refractivity contribution in [3.63, 3.8) is 0 Å².